The van der Waals surface area contributed by atoms with Crippen molar-refractivity contribution >= 4 is 5.97 Å². The highest BCUT2D eigenvalue weighted by Gasteiger charge is 2.12. The number of carboxylic acids is 1. The molecule has 22 heavy (non-hydrogen) atoms. The van der Waals surface area contributed by atoms with E-state index in [0.29, 0.717) is 6.42 Å². The van der Waals surface area contributed by atoms with Gasteiger partial charge in [0.05, 0.1) is 6.10 Å². The van der Waals surface area contributed by atoms with Crippen LogP contribution in [0.1, 0.15) is 84.0 Å². The van der Waals surface area contributed by atoms with Crippen molar-refractivity contribution in [3.63, 3.8) is 0 Å². The van der Waals surface area contributed by atoms with Crippen LogP contribution in [-0.4, -0.2) is 28.3 Å². The van der Waals surface area contributed by atoms with Gasteiger partial charge in [0, 0.05) is 12.5 Å². The van der Waals surface area contributed by atoms with E-state index < -0.39 is 12.1 Å². The molecule has 4 heteroatoms. The number of hydrogen-bond acceptors (Lipinski definition) is 3. The summed E-state index contributed by atoms with van der Waals surface area (Å²) in [6.45, 7) is 2.16. The summed E-state index contributed by atoms with van der Waals surface area (Å²) in [6, 6.07) is -0.106. The number of hydrogen-bond donors (Lipinski definition) is 3. The van der Waals surface area contributed by atoms with Gasteiger partial charge in [0.25, 0.3) is 0 Å². The summed E-state index contributed by atoms with van der Waals surface area (Å²) < 4.78 is 0. The lowest BCUT2D eigenvalue weighted by Crippen LogP contribution is -2.34. The Hall–Kier alpha value is -0.870. The van der Waals surface area contributed by atoms with Crippen molar-refractivity contribution in [2.45, 2.75) is 96.1 Å². The van der Waals surface area contributed by atoms with Crippen molar-refractivity contribution in [1.82, 2.24) is 0 Å². The Balaban J connectivity index is 3.43. The van der Waals surface area contributed by atoms with Crippen LogP contribution in [0.2, 0.25) is 0 Å². The molecule has 0 aliphatic carbocycles. The Kier molecular flexibility index (Phi) is 14.4. The molecule has 0 aromatic heterocycles. The number of unbranched alkanes of at least 4 members (excludes halogenated alkanes) is 7. The Labute approximate surface area is 135 Å². The second-order valence-electron chi connectivity index (χ2n) is 6.13. The lowest BCUT2D eigenvalue weighted by molar-refractivity contribution is -0.137. The predicted octanol–water partition coefficient (Wildman–Crippen LogP) is 4.02. The first-order chi connectivity index (χ1) is 10.6. The molecule has 0 heterocycles. The van der Waals surface area contributed by atoms with Gasteiger partial charge in [0.2, 0.25) is 0 Å². The van der Waals surface area contributed by atoms with E-state index in [2.05, 4.69) is 13.0 Å². The molecular formula is C18H35NO3. The molecule has 0 saturated carbocycles. The van der Waals surface area contributed by atoms with Gasteiger partial charge in [-0.15, -0.1) is 0 Å². The van der Waals surface area contributed by atoms with Gasteiger partial charge >= 0.3 is 5.97 Å². The fourth-order valence-electron chi connectivity index (χ4n) is 2.42. The number of nitrogens with two attached hydrogens (primary N) is 1. The van der Waals surface area contributed by atoms with Gasteiger partial charge in [-0.3, -0.25) is 4.79 Å². The zero-order valence-electron chi connectivity index (χ0n) is 14.2. The maximum absolute atomic E-state index is 10.3. The third kappa shape index (κ3) is 14.1. The molecule has 0 bridgehead atoms. The maximum atomic E-state index is 10.3. The first-order valence-corrected chi connectivity index (χ1v) is 8.88. The van der Waals surface area contributed by atoms with E-state index in [1.165, 1.54) is 12.8 Å². The number of rotatable bonds is 15. The Bertz CT molecular complexity index is 292. The molecule has 130 valence electrons. The fraction of sp³-hybridized carbons (Fsp3) is 0.833. The van der Waals surface area contributed by atoms with Crippen LogP contribution in [-0.2, 0) is 4.79 Å². The smallest absolute Gasteiger partial charge is 0.303 e. The van der Waals surface area contributed by atoms with E-state index in [1.54, 1.807) is 0 Å². The molecule has 4 N–H and O–H groups in total. The van der Waals surface area contributed by atoms with Crippen molar-refractivity contribution in [3.8, 4) is 0 Å². The number of allylic oxidation sites excluding steroid dienone is 1. The summed E-state index contributed by atoms with van der Waals surface area (Å²) in [5, 5.41) is 18.5. The lowest BCUT2D eigenvalue weighted by atomic mass is 10.0. The van der Waals surface area contributed by atoms with Gasteiger partial charge in [-0.25, -0.2) is 0 Å². The molecule has 0 radical (unpaired) electrons. The topological polar surface area (TPSA) is 83.5 Å². The van der Waals surface area contributed by atoms with Crippen LogP contribution in [0.4, 0.5) is 0 Å². The number of carbonyl (C=O) groups is 1. The van der Waals surface area contributed by atoms with Crippen molar-refractivity contribution in [3.05, 3.63) is 12.2 Å². The molecule has 0 aliphatic heterocycles. The zero-order valence-corrected chi connectivity index (χ0v) is 14.2. The zero-order chi connectivity index (χ0) is 16.6. The summed E-state index contributed by atoms with van der Waals surface area (Å²) in [4.78, 5) is 10.3. The van der Waals surface area contributed by atoms with Gasteiger partial charge in [-0.2, -0.15) is 0 Å². The van der Waals surface area contributed by atoms with Crippen LogP contribution in [0, 0.1) is 0 Å². The van der Waals surface area contributed by atoms with E-state index in [-0.39, 0.29) is 12.5 Å². The van der Waals surface area contributed by atoms with Crippen LogP contribution < -0.4 is 5.73 Å². The summed E-state index contributed by atoms with van der Waals surface area (Å²) >= 11 is 0. The lowest BCUT2D eigenvalue weighted by Gasteiger charge is -2.17. The Morgan fingerprint density at radius 3 is 2.41 bits per heavy atom. The highest BCUT2D eigenvalue weighted by Crippen LogP contribution is 2.10. The first-order valence-electron chi connectivity index (χ1n) is 8.88. The molecule has 0 saturated heterocycles. The van der Waals surface area contributed by atoms with E-state index in [9.17, 15) is 9.90 Å². The summed E-state index contributed by atoms with van der Waals surface area (Å²) in [6.07, 6.45) is 15.2. The molecule has 0 aromatic carbocycles. The average Bonchev–Trinajstić information content (AvgIpc) is 2.48. The third-order valence-corrected chi connectivity index (χ3v) is 3.94. The van der Waals surface area contributed by atoms with Crippen molar-refractivity contribution in [1.29, 1.82) is 0 Å². The number of carboxylic acid groups (broad SMARTS) is 1. The van der Waals surface area contributed by atoms with Crippen LogP contribution >= 0.6 is 0 Å². The molecular weight excluding hydrogens is 278 g/mol. The van der Waals surface area contributed by atoms with Gasteiger partial charge in [-0.1, -0.05) is 57.6 Å². The van der Waals surface area contributed by atoms with Crippen LogP contribution in [0.3, 0.4) is 0 Å². The van der Waals surface area contributed by atoms with Crippen molar-refractivity contribution < 1.29 is 15.0 Å². The Morgan fingerprint density at radius 1 is 1.05 bits per heavy atom. The number of aliphatic hydroxyl groups is 1. The standard InChI is InChI=1S/C18H35NO3/c1-2-3-10-13-16(19)17(20)14-11-8-6-4-5-7-9-12-15-18(21)22/h8,11,16-17,20H,2-7,9-10,12-15,19H2,1H3,(H,21,22). The van der Waals surface area contributed by atoms with Gasteiger partial charge in [-0.05, 0) is 32.1 Å². The van der Waals surface area contributed by atoms with E-state index in [0.717, 1.165) is 51.4 Å². The SMILES string of the molecule is CCCCCC(N)C(O)CC=CCCCCCCCC(=O)O. The monoisotopic (exact) mass is 313 g/mol. The summed E-state index contributed by atoms with van der Waals surface area (Å²) in [5.41, 5.74) is 5.96. The van der Waals surface area contributed by atoms with Crippen molar-refractivity contribution in [2.24, 2.45) is 5.73 Å². The molecule has 0 spiro atoms. The van der Waals surface area contributed by atoms with E-state index >= 15 is 0 Å². The summed E-state index contributed by atoms with van der Waals surface area (Å²) in [7, 11) is 0. The summed E-state index contributed by atoms with van der Waals surface area (Å²) in [5.74, 6) is -0.700. The molecule has 4 nitrogen and oxygen atoms in total. The number of aliphatic carboxylic acids is 1. The fourth-order valence-corrected chi connectivity index (χ4v) is 2.42. The third-order valence-electron chi connectivity index (χ3n) is 3.94. The second-order valence-corrected chi connectivity index (χ2v) is 6.13. The highest BCUT2D eigenvalue weighted by atomic mass is 16.4. The minimum absolute atomic E-state index is 0.106. The normalized spacial score (nSPS) is 14.3. The van der Waals surface area contributed by atoms with E-state index in [4.69, 9.17) is 10.8 Å². The maximum Gasteiger partial charge on any atom is 0.303 e. The second kappa shape index (κ2) is 15.0. The molecule has 2 atom stereocenters. The molecule has 2 unspecified atom stereocenters. The molecule has 0 aliphatic rings. The van der Waals surface area contributed by atoms with Crippen LogP contribution in [0.5, 0.6) is 0 Å². The van der Waals surface area contributed by atoms with Crippen molar-refractivity contribution in [2.75, 3.05) is 0 Å². The van der Waals surface area contributed by atoms with Gasteiger partial charge in [0.15, 0.2) is 0 Å². The quantitative estimate of drug-likeness (QED) is 0.315. The molecule has 0 fully saturated rings. The molecule has 0 aromatic rings. The predicted molar refractivity (Wildman–Crippen MR) is 91.8 cm³/mol. The largest absolute Gasteiger partial charge is 0.481 e. The van der Waals surface area contributed by atoms with Crippen LogP contribution in [0.15, 0.2) is 12.2 Å². The molecule has 0 rings (SSSR count). The van der Waals surface area contributed by atoms with E-state index in [1.807, 2.05) is 6.08 Å². The average molecular weight is 313 g/mol. The Morgan fingerprint density at radius 2 is 1.73 bits per heavy atom. The van der Waals surface area contributed by atoms with Gasteiger partial charge < -0.3 is 15.9 Å². The minimum Gasteiger partial charge on any atom is -0.481 e. The van der Waals surface area contributed by atoms with Crippen LogP contribution in [0.25, 0.3) is 0 Å². The minimum atomic E-state index is -0.700. The molecule has 0 amide bonds. The van der Waals surface area contributed by atoms with Gasteiger partial charge in [0.1, 0.15) is 0 Å². The highest BCUT2D eigenvalue weighted by molar-refractivity contribution is 5.66. The number of aliphatic hydroxyl groups excluding tert-OH is 1. The first kappa shape index (κ1) is 21.1.